The van der Waals surface area contributed by atoms with Gasteiger partial charge in [-0.05, 0) is 43.7 Å². The van der Waals surface area contributed by atoms with Crippen molar-refractivity contribution in [3.8, 4) is 0 Å². The van der Waals surface area contributed by atoms with Crippen molar-refractivity contribution in [1.82, 2.24) is 0 Å². The minimum atomic E-state index is -0.227. The number of halogens is 2. The molecule has 0 saturated heterocycles. The van der Waals surface area contributed by atoms with Gasteiger partial charge in [-0.1, -0.05) is 29.8 Å². The molecule has 1 N–H and O–H groups in total. The molecular weight excluding hydrogens is 287 g/mol. The predicted octanol–water partition coefficient (Wildman–Crippen LogP) is 4.94. The third-order valence-corrected chi connectivity index (χ3v) is 3.91. The minimum Gasteiger partial charge on any atom is -0.381 e. The molecule has 2 rings (SSSR count). The molecule has 0 saturated carbocycles. The monoisotopic (exact) mass is 306 g/mol. The smallest absolute Gasteiger partial charge is 0.148 e. The van der Waals surface area contributed by atoms with Crippen LogP contribution in [0.2, 0.25) is 5.02 Å². The van der Waals surface area contributed by atoms with Crippen LogP contribution in [0.4, 0.5) is 15.8 Å². The van der Waals surface area contributed by atoms with E-state index in [1.165, 1.54) is 6.07 Å². The summed E-state index contributed by atoms with van der Waals surface area (Å²) in [6.07, 6.45) is 0. The molecule has 4 heteroatoms. The van der Waals surface area contributed by atoms with Crippen LogP contribution in [0.25, 0.3) is 0 Å². The number of hydrogen-bond donors (Lipinski definition) is 1. The first kappa shape index (κ1) is 15.6. The molecule has 0 fully saturated rings. The lowest BCUT2D eigenvalue weighted by molar-refractivity contribution is 0.614. The lowest BCUT2D eigenvalue weighted by Gasteiger charge is -2.24. The number of benzene rings is 2. The highest BCUT2D eigenvalue weighted by Crippen LogP contribution is 2.24. The molecule has 112 valence electrons. The van der Waals surface area contributed by atoms with Gasteiger partial charge in [-0.15, -0.1) is 0 Å². The van der Waals surface area contributed by atoms with E-state index in [4.69, 9.17) is 11.6 Å². The van der Waals surface area contributed by atoms with Crippen molar-refractivity contribution < 1.29 is 4.39 Å². The number of nitrogens with zero attached hydrogens (tertiary/aromatic N) is 1. The number of rotatable bonds is 5. The maximum atomic E-state index is 14.2. The standard InChI is InChI=1S/C17H20ClFN2/c1-12(2)21(3)17-9-8-14(10-16(17)19)20-11-13-6-4-5-7-15(13)18/h4-10,12,20H,11H2,1-3H3. The fourth-order valence-corrected chi connectivity index (χ4v) is 2.22. The van der Waals surface area contributed by atoms with Crippen LogP contribution in [0.3, 0.4) is 0 Å². The van der Waals surface area contributed by atoms with Gasteiger partial charge >= 0.3 is 0 Å². The number of anilines is 2. The average molecular weight is 307 g/mol. The van der Waals surface area contributed by atoms with Crippen molar-refractivity contribution in [3.05, 3.63) is 58.9 Å². The summed E-state index contributed by atoms with van der Waals surface area (Å²) in [5.74, 6) is -0.227. The maximum Gasteiger partial charge on any atom is 0.148 e. The van der Waals surface area contributed by atoms with Crippen LogP contribution in [-0.4, -0.2) is 13.1 Å². The molecular formula is C17H20ClFN2. The van der Waals surface area contributed by atoms with E-state index in [0.717, 1.165) is 11.3 Å². The van der Waals surface area contributed by atoms with Crippen LogP contribution in [0.1, 0.15) is 19.4 Å². The van der Waals surface area contributed by atoms with Crippen LogP contribution in [0, 0.1) is 5.82 Å². The van der Waals surface area contributed by atoms with Gasteiger partial charge in [-0.25, -0.2) is 4.39 Å². The van der Waals surface area contributed by atoms with Gasteiger partial charge in [0.15, 0.2) is 0 Å². The summed E-state index contributed by atoms with van der Waals surface area (Å²) in [7, 11) is 1.89. The summed E-state index contributed by atoms with van der Waals surface area (Å²) >= 11 is 6.10. The van der Waals surface area contributed by atoms with Crippen molar-refractivity contribution in [2.24, 2.45) is 0 Å². The zero-order chi connectivity index (χ0) is 15.4. The van der Waals surface area contributed by atoms with E-state index in [0.29, 0.717) is 17.3 Å². The second kappa shape index (κ2) is 6.81. The maximum absolute atomic E-state index is 14.2. The summed E-state index contributed by atoms with van der Waals surface area (Å²) in [5.41, 5.74) is 2.34. The summed E-state index contributed by atoms with van der Waals surface area (Å²) in [6.45, 7) is 4.63. The van der Waals surface area contributed by atoms with Crippen LogP contribution in [0.5, 0.6) is 0 Å². The van der Waals surface area contributed by atoms with Gasteiger partial charge in [0.05, 0.1) is 5.69 Å². The molecule has 0 aromatic heterocycles. The average Bonchev–Trinajstić information content (AvgIpc) is 2.46. The molecule has 0 aliphatic rings. The Morgan fingerprint density at radius 1 is 1.19 bits per heavy atom. The molecule has 2 aromatic rings. The van der Waals surface area contributed by atoms with Gasteiger partial charge in [-0.2, -0.15) is 0 Å². The molecule has 2 nitrogen and oxygen atoms in total. The molecule has 0 radical (unpaired) electrons. The van der Waals surface area contributed by atoms with Gasteiger partial charge in [-0.3, -0.25) is 0 Å². The van der Waals surface area contributed by atoms with Crippen molar-refractivity contribution in [2.75, 3.05) is 17.3 Å². The van der Waals surface area contributed by atoms with E-state index >= 15 is 0 Å². The topological polar surface area (TPSA) is 15.3 Å². The first-order chi connectivity index (χ1) is 9.99. The Morgan fingerprint density at radius 2 is 1.90 bits per heavy atom. The van der Waals surface area contributed by atoms with Crippen molar-refractivity contribution >= 4 is 23.0 Å². The number of nitrogens with one attached hydrogen (secondary N) is 1. The normalized spacial score (nSPS) is 10.8. The van der Waals surface area contributed by atoms with Crippen LogP contribution >= 0.6 is 11.6 Å². The zero-order valence-corrected chi connectivity index (χ0v) is 13.3. The highest BCUT2D eigenvalue weighted by atomic mass is 35.5. The third-order valence-electron chi connectivity index (χ3n) is 3.54. The Balaban J connectivity index is 2.09. The fraction of sp³-hybridized carbons (Fsp3) is 0.294. The Bertz CT molecular complexity index is 613. The molecule has 0 spiro atoms. The van der Waals surface area contributed by atoms with Crippen molar-refractivity contribution in [2.45, 2.75) is 26.4 Å². The minimum absolute atomic E-state index is 0.227. The molecule has 0 heterocycles. The molecule has 0 amide bonds. The fourth-order valence-electron chi connectivity index (χ4n) is 2.02. The summed E-state index contributed by atoms with van der Waals surface area (Å²) < 4.78 is 14.2. The van der Waals surface area contributed by atoms with Gasteiger partial charge in [0.1, 0.15) is 5.82 Å². The van der Waals surface area contributed by atoms with Crippen molar-refractivity contribution in [3.63, 3.8) is 0 Å². The zero-order valence-electron chi connectivity index (χ0n) is 12.5. The van der Waals surface area contributed by atoms with E-state index in [1.807, 2.05) is 56.1 Å². The predicted molar refractivity (Wildman–Crippen MR) is 88.7 cm³/mol. The Kier molecular flexibility index (Phi) is 5.07. The summed E-state index contributed by atoms with van der Waals surface area (Å²) in [6, 6.07) is 13.1. The largest absolute Gasteiger partial charge is 0.381 e. The lowest BCUT2D eigenvalue weighted by atomic mass is 10.2. The van der Waals surface area contributed by atoms with Crippen LogP contribution in [0.15, 0.2) is 42.5 Å². The Hall–Kier alpha value is -1.74. The highest BCUT2D eigenvalue weighted by Gasteiger charge is 2.11. The van der Waals surface area contributed by atoms with E-state index in [1.54, 1.807) is 6.07 Å². The molecule has 0 atom stereocenters. The molecule has 0 aliphatic carbocycles. The Labute approximate surface area is 130 Å². The van der Waals surface area contributed by atoms with E-state index in [-0.39, 0.29) is 11.9 Å². The number of hydrogen-bond acceptors (Lipinski definition) is 2. The first-order valence-electron chi connectivity index (χ1n) is 6.98. The van der Waals surface area contributed by atoms with E-state index in [9.17, 15) is 4.39 Å². The van der Waals surface area contributed by atoms with Gasteiger partial charge in [0.2, 0.25) is 0 Å². The van der Waals surface area contributed by atoms with E-state index in [2.05, 4.69) is 5.32 Å². The first-order valence-corrected chi connectivity index (χ1v) is 7.36. The van der Waals surface area contributed by atoms with E-state index < -0.39 is 0 Å². The highest BCUT2D eigenvalue weighted by molar-refractivity contribution is 6.31. The SMILES string of the molecule is CC(C)N(C)c1ccc(NCc2ccccc2Cl)cc1F. The molecule has 0 unspecified atom stereocenters. The van der Waals surface area contributed by atoms with Crippen LogP contribution in [-0.2, 0) is 6.54 Å². The van der Waals surface area contributed by atoms with Gasteiger partial charge in [0.25, 0.3) is 0 Å². The second-order valence-electron chi connectivity index (χ2n) is 5.32. The van der Waals surface area contributed by atoms with Crippen molar-refractivity contribution in [1.29, 1.82) is 0 Å². The third kappa shape index (κ3) is 3.88. The molecule has 21 heavy (non-hydrogen) atoms. The summed E-state index contributed by atoms with van der Waals surface area (Å²) in [5, 5.41) is 3.90. The lowest BCUT2D eigenvalue weighted by Crippen LogP contribution is -2.26. The quantitative estimate of drug-likeness (QED) is 0.842. The molecule has 0 bridgehead atoms. The summed E-state index contributed by atoms with van der Waals surface area (Å²) in [4.78, 5) is 1.91. The van der Waals surface area contributed by atoms with Gasteiger partial charge < -0.3 is 10.2 Å². The second-order valence-corrected chi connectivity index (χ2v) is 5.72. The van der Waals surface area contributed by atoms with Gasteiger partial charge in [0, 0.05) is 30.3 Å². The molecule has 2 aromatic carbocycles. The Morgan fingerprint density at radius 3 is 2.52 bits per heavy atom. The molecule has 0 aliphatic heterocycles. The van der Waals surface area contributed by atoms with Crippen LogP contribution < -0.4 is 10.2 Å².